The lowest BCUT2D eigenvalue weighted by Crippen LogP contribution is -2.40. The monoisotopic (exact) mass is 490 g/mol. The molecule has 0 bridgehead atoms. The number of methoxy groups -OCH3 is 1. The fourth-order valence-corrected chi connectivity index (χ4v) is 5.28. The highest BCUT2D eigenvalue weighted by Crippen LogP contribution is 2.27. The Labute approximate surface area is 202 Å². The Hall–Kier alpha value is -2.62. The standard InChI is InChI=1S/C25H34N2O6S/c1-19(2)22-6-4-5-7-24(22)33-15-12-26-25(28)11-8-20-18-21(9-10-23(20)31-3)34(29,30)27-13-16-32-17-14-27/h4-7,9-10,18-19H,8,11-17H2,1-3H3,(H,26,28). The van der Waals surface area contributed by atoms with Gasteiger partial charge in [0.05, 0.1) is 31.8 Å². The number of rotatable bonds is 11. The highest BCUT2D eigenvalue weighted by molar-refractivity contribution is 7.89. The van der Waals surface area contributed by atoms with Crippen LogP contribution in [0.3, 0.4) is 0 Å². The van der Waals surface area contributed by atoms with E-state index in [0.717, 1.165) is 11.3 Å². The van der Waals surface area contributed by atoms with Gasteiger partial charge in [-0.05, 0) is 47.7 Å². The fraction of sp³-hybridized carbons (Fsp3) is 0.480. The van der Waals surface area contributed by atoms with Crippen molar-refractivity contribution >= 4 is 15.9 Å². The molecule has 3 rings (SSSR count). The van der Waals surface area contributed by atoms with E-state index in [1.165, 1.54) is 11.4 Å². The molecule has 0 aliphatic carbocycles. The van der Waals surface area contributed by atoms with Crippen LogP contribution in [-0.2, 0) is 26.0 Å². The first-order valence-electron chi connectivity index (χ1n) is 11.6. The Morgan fingerprint density at radius 2 is 1.85 bits per heavy atom. The molecule has 34 heavy (non-hydrogen) atoms. The van der Waals surface area contributed by atoms with Crippen LogP contribution >= 0.6 is 0 Å². The molecule has 0 aromatic heterocycles. The molecule has 2 aromatic rings. The van der Waals surface area contributed by atoms with Crippen molar-refractivity contribution in [2.75, 3.05) is 46.6 Å². The number of hydrogen-bond donors (Lipinski definition) is 1. The smallest absolute Gasteiger partial charge is 0.243 e. The Morgan fingerprint density at radius 3 is 2.56 bits per heavy atom. The number of benzene rings is 2. The lowest BCUT2D eigenvalue weighted by Gasteiger charge is -2.26. The summed E-state index contributed by atoms with van der Waals surface area (Å²) in [4.78, 5) is 12.6. The van der Waals surface area contributed by atoms with Crippen LogP contribution in [0.5, 0.6) is 11.5 Å². The molecule has 2 aromatic carbocycles. The maximum absolute atomic E-state index is 13.0. The number of amides is 1. The third-order valence-electron chi connectivity index (χ3n) is 5.70. The molecule has 0 saturated carbocycles. The van der Waals surface area contributed by atoms with E-state index >= 15 is 0 Å². The maximum Gasteiger partial charge on any atom is 0.243 e. The van der Waals surface area contributed by atoms with Gasteiger partial charge in [-0.1, -0.05) is 32.0 Å². The van der Waals surface area contributed by atoms with Gasteiger partial charge in [-0.15, -0.1) is 0 Å². The molecule has 1 amide bonds. The largest absolute Gasteiger partial charge is 0.496 e. The van der Waals surface area contributed by atoms with E-state index in [-0.39, 0.29) is 17.2 Å². The van der Waals surface area contributed by atoms with Gasteiger partial charge in [0.2, 0.25) is 15.9 Å². The van der Waals surface area contributed by atoms with Gasteiger partial charge in [0.25, 0.3) is 0 Å². The fourth-order valence-electron chi connectivity index (χ4n) is 3.82. The molecule has 186 valence electrons. The number of carbonyl (C=O) groups is 1. The molecule has 0 radical (unpaired) electrons. The van der Waals surface area contributed by atoms with Gasteiger partial charge >= 0.3 is 0 Å². The number of nitrogens with one attached hydrogen (secondary N) is 1. The summed E-state index contributed by atoms with van der Waals surface area (Å²) in [5, 5.41) is 2.86. The van der Waals surface area contributed by atoms with Crippen LogP contribution in [0, 0.1) is 0 Å². The quantitative estimate of drug-likeness (QED) is 0.487. The van der Waals surface area contributed by atoms with Gasteiger partial charge in [0.15, 0.2) is 0 Å². The van der Waals surface area contributed by atoms with Gasteiger partial charge in [-0.3, -0.25) is 4.79 Å². The number of nitrogens with zero attached hydrogens (tertiary/aromatic N) is 1. The normalized spacial score (nSPS) is 14.7. The first kappa shape index (κ1) is 26.0. The van der Waals surface area contributed by atoms with Crippen LogP contribution in [0.25, 0.3) is 0 Å². The lowest BCUT2D eigenvalue weighted by molar-refractivity contribution is -0.121. The molecular formula is C25H34N2O6S. The van der Waals surface area contributed by atoms with Gasteiger partial charge in [-0.25, -0.2) is 8.42 Å². The van der Waals surface area contributed by atoms with Crippen molar-refractivity contribution in [1.82, 2.24) is 9.62 Å². The van der Waals surface area contributed by atoms with Crippen molar-refractivity contribution in [2.45, 2.75) is 37.5 Å². The molecule has 1 aliphatic rings. The molecular weight excluding hydrogens is 456 g/mol. The first-order valence-corrected chi connectivity index (χ1v) is 13.0. The minimum absolute atomic E-state index is 0.135. The zero-order valence-corrected chi connectivity index (χ0v) is 20.9. The molecule has 1 fully saturated rings. The molecule has 1 aliphatic heterocycles. The van der Waals surface area contributed by atoms with Crippen molar-refractivity contribution < 1.29 is 27.4 Å². The van der Waals surface area contributed by atoms with Crippen LogP contribution in [0.2, 0.25) is 0 Å². The summed E-state index contributed by atoms with van der Waals surface area (Å²) >= 11 is 0. The zero-order chi connectivity index (χ0) is 24.6. The highest BCUT2D eigenvalue weighted by Gasteiger charge is 2.27. The van der Waals surface area contributed by atoms with Crippen molar-refractivity contribution in [3.05, 3.63) is 53.6 Å². The van der Waals surface area contributed by atoms with Crippen molar-refractivity contribution in [2.24, 2.45) is 0 Å². The molecule has 8 nitrogen and oxygen atoms in total. The van der Waals surface area contributed by atoms with Gasteiger partial charge < -0.3 is 19.5 Å². The molecule has 1 saturated heterocycles. The summed E-state index contributed by atoms with van der Waals surface area (Å²) in [6, 6.07) is 12.7. The maximum atomic E-state index is 13.0. The summed E-state index contributed by atoms with van der Waals surface area (Å²) < 4.78 is 43.9. The Morgan fingerprint density at radius 1 is 1.12 bits per heavy atom. The Kier molecular flexibility index (Phi) is 9.32. The van der Waals surface area contributed by atoms with E-state index in [2.05, 4.69) is 19.2 Å². The SMILES string of the molecule is COc1ccc(S(=O)(=O)N2CCOCC2)cc1CCC(=O)NCCOc1ccccc1C(C)C. The number of carbonyl (C=O) groups excluding carboxylic acids is 1. The minimum atomic E-state index is -3.62. The molecule has 9 heteroatoms. The van der Waals surface area contributed by atoms with E-state index in [4.69, 9.17) is 14.2 Å². The van der Waals surface area contributed by atoms with Crippen LogP contribution in [-0.4, -0.2) is 65.2 Å². The predicted molar refractivity (Wildman–Crippen MR) is 130 cm³/mol. The average Bonchev–Trinajstić information content (AvgIpc) is 2.85. The number of sulfonamides is 1. The van der Waals surface area contributed by atoms with Gasteiger partial charge in [0, 0.05) is 19.5 Å². The molecule has 1 N–H and O–H groups in total. The van der Waals surface area contributed by atoms with Crippen LogP contribution in [0.1, 0.15) is 37.3 Å². The van der Waals surface area contributed by atoms with Crippen molar-refractivity contribution in [3.8, 4) is 11.5 Å². The molecule has 1 heterocycles. The average molecular weight is 491 g/mol. The van der Waals surface area contributed by atoms with E-state index in [1.807, 2.05) is 24.3 Å². The van der Waals surface area contributed by atoms with Crippen LogP contribution in [0.15, 0.2) is 47.4 Å². The number of para-hydroxylation sites is 1. The van der Waals surface area contributed by atoms with Crippen molar-refractivity contribution in [1.29, 1.82) is 0 Å². The second kappa shape index (κ2) is 12.2. The highest BCUT2D eigenvalue weighted by atomic mass is 32.2. The zero-order valence-electron chi connectivity index (χ0n) is 20.1. The van der Waals surface area contributed by atoms with E-state index < -0.39 is 10.0 Å². The molecule has 0 atom stereocenters. The van der Waals surface area contributed by atoms with Gasteiger partial charge in [0.1, 0.15) is 18.1 Å². The Bertz CT molecular complexity index is 1060. The molecule has 0 unspecified atom stereocenters. The summed E-state index contributed by atoms with van der Waals surface area (Å²) in [5.74, 6) is 1.60. The number of ether oxygens (including phenoxy) is 3. The number of morpholine rings is 1. The minimum Gasteiger partial charge on any atom is -0.496 e. The summed E-state index contributed by atoms with van der Waals surface area (Å²) in [7, 11) is -2.09. The second-order valence-corrected chi connectivity index (χ2v) is 10.3. The summed E-state index contributed by atoms with van der Waals surface area (Å²) in [6.45, 7) is 6.40. The predicted octanol–water partition coefficient (Wildman–Crippen LogP) is 2.97. The van der Waals surface area contributed by atoms with E-state index in [1.54, 1.807) is 18.2 Å². The van der Waals surface area contributed by atoms with E-state index in [9.17, 15) is 13.2 Å². The lowest BCUT2D eigenvalue weighted by atomic mass is 10.0. The number of aryl methyl sites for hydroxylation is 1. The summed E-state index contributed by atoms with van der Waals surface area (Å²) in [6.07, 6.45) is 0.568. The van der Waals surface area contributed by atoms with Crippen LogP contribution < -0.4 is 14.8 Å². The van der Waals surface area contributed by atoms with E-state index in [0.29, 0.717) is 63.1 Å². The first-order chi connectivity index (χ1) is 16.3. The summed E-state index contributed by atoms with van der Waals surface area (Å²) in [5.41, 5.74) is 1.81. The molecule has 0 spiro atoms. The third-order valence-corrected chi connectivity index (χ3v) is 7.60. The van der Waals surface area contributed by atoms with Gasteiger partial charge in [-0.2, -0.15) is 4.31 Å². The topological polar surface area (TPSA) is 94.2 Å². The van der Waals surface area contributed by atoms with Crippen LogP contribution in [0.4, 0.5) is 0 Å². The second-order valence-electron chi connectivity index (χ2n) is 8.38. The number of hydrogen-bond acceptors (Lipinski definition) is 6. The Balaban J connectivity index is 1.54. The third kappa shape index (κ3) is 6.71. The van der Waals surface area contributed by atoms with Crippen molar-refractivity contribution in [3.63, 3.8) is 0 Å².